The predicted octanol–water partition coefficient (Wildman–Crippen LogP) is 3.66. The lowest BCUT2D eigenvalue weighted by atomic mass is 9.87. The van der Waals surface area contributed by atoms with Crippen molar-refractivity contribution < 1.29 is 14.4 Å². The van der Waals surface area contributed by atoms with Crippen LogP contribution in [-0.2, 0) is 4.79 Å². The highest BCUT2D eigenvalue weighted by molar-refractivity contribution is 5.98. The Bertz CT molecular complexity index is 960. The van der Waals surface area contributed by atoms with E-state index >= 15 is 0 Å². The average Bonchev–Trinajstić information content (AvgIpc) is 2.88. The fourth-order valence-electron chi connectivity index (χ4n) is 4.82. The van der Waals surface area contributed by atoms with Crippen LogP contribution in [0.1, 0.15) is 58.4 Å². The fraction of sp³-hybridized carbons (Fsp3) is 0.444. The topological polar surface area (TPSA) is 69.7 Å². The molecule has 2 aliphatic heterocycles. The molecule has 3 amide bonds. The second kappa shape index (κ2) is 10.6. The quantitative estimate of drug-likeness (QED) is 0.761. The molecule has 6 nitrogen and oxygen atoms in total. The van der Waals surface area contributed by atoms with Crippen LogP contribution >= 0.6 is 0 Å². The van der Waals surface area contributed by atoms with Crippen molar-refractivity contribution in [3.8, 4) is 0 Å². The van der Waals surface area contributed by atoms with Crippen LogP contribution in [-0.4, -0.2) is 59.7 Å². The number of amides is 3. The summed E-state index contributed by atoms with van der Waals surface area (Å²) in [4.78, 5) is 43.1. The summed E-state index contributed by atoms with van der Waals surface area (Å²) in [5, 5.41) is 3.06. The van der Waals surface area contributed by atoms with Crippen molar-refractivity contribution >= 4 is 17.7 Å². The number of carbonyl (C=O) groups is 3. The number of aryl methyl sites for hydroxylation is 1. The van der Waals surface area contributed by atoms with Crippen molar-refractivity contribution in [3.63, 3.8) is 0 Å². The van der Waals surface area contributed by atoms with E-state index in [1.807, 2.05) is 59.2 Å². The Balaban J connectivity index is 1.46. The van der Waals surface area contributed by atoms with Crippen molar-refractivity contribution in [2.24, 2.45) is 5.92 Å². The first-order valence-corrected chi connectivity index (χ1v) is 12.0. The molecule has 6 heteroatoms. The third-order valence-electron chi connectivity index (χ3n) is 6.85. The van der Waals surface area contributed by atoms with Gasteiger partial charge < -0.3 is 15.1 Å². The second-order valence-electron chi connectivity index (χ2n) is 9.20. The minimum absolute atomic E-state index is 0.00801. The van der Waals surface area contributed by atoms with Crippen LogP contribution in [0.5, 0.6) is 0 Å². The van der Waals surface area contributed by atoms with E-state index in [0.717, 1.165) is 37.9 Å². The minimum Gasteiger partial charge on any atom is -0.341 e. The summed E-state index contributed by atoms with van der Waals surface area (Å²) in [6, 6.07) is 16.2. The zero-order valence-electron chi connectivity index (χ0n) is 19.3. The Morgan fingerprint density at radius 1 is 0.788 bits per heavy atom. The maximum Gasteiger partial charge on any atom is 0.253 e. The van der Waals surface area contributed by atoms with Crippen LogP contribution in [0.15, 0.2) is 54.6 Å². The predicted molar refractivity (Wildman–Crippen MR) is 128 cm³/mol. The molecule has 0 bridgehead atoms. The van der Waals surface area contributed by atoms with E-state index in [0.29, 0.717) is 37.1 Å². The van der Waals surface area contributed by atoms with Crippen molar-refractivity contribution in [2.75, 3.05) is 26.2 Å². The monoisotopic (exact) mass is 447 g/mol. The Labute approximate surface area is 196 Å². The summed E-state index contributed by atoms with van der Waals surface area (Å²) in [7, 11) is 0. The highest BCUT2D eigenvalue weighted by Gasteiger charge is 2.36. The summed E-state index contributed by atoms with van der Waals surface area (Å²) in [5.74, 6) is -0.165. The molecule has 0 saturated carbocycles. The Hall–Kier alpha value is -3.15. The first-order valence-electron chi connectivity index (χ1n) is 12.0. The maximum absolute atomic E-state index is 13.5. The summed E-state index contributed by atoms with van der Waals surface area (Å²) in [5.41, 5.74) is 2.33. The van der Waals surface area contributed by atoms with Crippen LogP contribution in [0.4, 0.5) is 0 Å². The van der Waals surface area contributed by atoms with E-state index in [-0.39, 0.29) is 23.6 Å². The van der Waals surface area contributed by atoms with Crippen molar-refractivity contribution in [2.45, 2.75) is 45.1 Å². The molecule has 2 heterocycles. The molecule has 2 saturated heterocycles. The molecule has 2 fully saturated rings. The van der Waals surface area contributed by atoms with Crippen LogP contribution in [0, 0.1) is 12.8 Å². The summed E-state index contributed by atoms with van der Waals surface area (Å²) >= 11 is 0. The van der Waals surface area contributed by atoms with Gasteiger partial charge in [0.15, 0.2) is 0 Å². The van der Waals surface area contributed by atoms with Crippen molar-refractivity contribution in [3.05, 3.63) is 71.3 Å². The number of rotatable bonds is 5. The molecule has 2 aromatic carbocycles. The highest BCUT2D eigenvalue weighted by atomic mass is 16.2. The lowest BCUT2D eigenvalue weighted by Crippen LogP contribution is -2.55. The zero-order valence-corrected chi connectivity index (χ0v) is 19.3. The van der Waals surface area contributed by atoms with Gasteiger partial charge in [0, 0.05) is 37.3 Å². The number of hydrogen-bond acceptors (Lipinski definition) is 3. The van der Waals surface area contributed by atoms with Gasteiger partial charge in [-0.15, -0.1) is 0 Å². The molecule has 1 N–H and O–H groups in total. The molecule has 0 radical (unpaired) electrons. The summed E-state index contributed by atoms with van der Waals surface area (Å²) in [6.07, 6.45) is 4.54. The second-order valence-corrected chi connectivity index (χ2v) is 9.20. The number of nitrogens with zero attached hydrogens (tertiary/aromatic N) is 2. The highest BCUT2D eigenvalue weighted by Crippen LogP contribution is 2.25. The molecule has 4 rings (SSSR count). The Morgan fingerprint density at radius 2 is 1.42 bits per heavy atom. The molecule has 0 aliphatic carbocycles. The van der Waals surface area contributed by atoms with E-state index in [1.165, 1.54) is 0 Å². The summed E-state index contributed by atoms with van der Waals surface area (Å²) < 4.78 is 0. The molecule has 0 spiro atoms. The molecule has 33 heavy (non-hydrogen) atoms. The number of piperidine rings is 2. The molecule has 2 aliphatic rings. The van der Waals surface area contributed by atoms with Gasteiger partial charge in [0.05, 0.1) is 0 Å². The Kier molecular flexibility index (Phi) is 7.43. The van der Waals surface area contributed by atoms with Crippen LogP contribution in [0.2, 0.25) is 0 Å². The number of benzene rings is 2. The first kappa shape index (κ1) is 23.0. The third-order valence-corrected chi connectivity index (χ3v) is 6.85. The number of carbonyl (C=O) groups excluding carboxylic acids is 3. The molecular formula is C27H33N3O3. The van der Waals surface area contributed by atoms with E-state index in [4.69, 9.17) is 0 Å². The summed E-state index contributed by atoms with van der Waals surface area (Å²) in [6.45, 7) is 4.65. The van der Waals surface area contributed by atoms with Crippen LogP contribution < -0.4 is 5.32 Å². The molecule has 0 unspecified atom stereocenters. The number of nitrogens with one attached hydrogen (secondary N) is 1. The SMILES string of the molecule is Cc1ccc(C(=O)N[C@H](C(=O)N2CCCCC2)C2CCN(C(=O)c3ccccc3)CC2)cc1. The van der Waals surface area contributed by atoms with E-state index in [9.17, 15) is 14.4 Å². The van der Waals surface area contributed by atoms with Gasteiger partial charge in [-0.2, -0.15) is 0 Å². The largest absolute Gasteiger partial charge is 0.341 e. The van der Waals surface area contributed by atoms with Gasteiger partial charge in [-0.05, 0) is 69.2 Å². The van der Waals surface area contributed by atoms with Crippen LogP contribution in [0.3, 0.4) is 0 Å². The standard InChI is InChI=1S/C27H33N3O3/c1-20-10-12-22(13-11-20)25(31)28-24(27(33)29-16-6-3-7-17-29)21-14-18-30(19-15-21)26(32)23-8-4-2-5-9-23/h2,4-5,8-13,21,24H,3,6-7,14-19H2,1H3,(H,28,31)/t24-/m0/s1. The van der Waals surface area contributed by atoms with Crippen molar-refractivity contribution in [1.29, 1.82) is 0 Å². The maximum atomic E-state index is 13.5. The zero-order chi connectivity index (χ0) is 23.2. The molecule has 2 aromatic rings. The van der Waals surface area contributed by atoms with Gasteiger partial charge in [-0.1, -0.05) is 35.9 Å². The number of likely N-dealkylation sites (tertiary alicyclic amines) is 2. The van der Waals surface area contributed by atoms with Gasteiger partial charge in [-0.25, -0.2) is 0 Å². The minimum atomic E-state index is -0.564. The average molecular weight is 448 g/mol. The first-order chi connectivity index (χ1) is 16.0. The Morgan fingerprint density at radius 3 is 2.06 bits per heavy atom. The van der Waals surface area contributed by atoms with Gasteiger partial charge in [0.1, 0.15) is 6.04 Å². The van der Waals surface area contributed by atoms with E-state index < -0.39 is 6.04 Å². The van der Waals surface area contributed by atoms with Gasteiger partial charge >= 0.3 is 0 Å². The van der Waals surface area contributed by atoms with Gasteiger partial charge in [-0.3, -0.25) is 14.4 Å². The normalized spacial score (nSPS) is 18.0. The van der Waals surface area contributed by atoms with Gasteiger partial charge in [0.2, 0.25) is 5.91 Å². The third kappa shape index (κ3) is 5.62. The van der Waals surface area contributed by atoms with Gasteiger partial charge in [0.25, 0.3) is 11.8 Å². The molecule has 0 aromatic heterocycles. The molecule has 1 atom stereocenters. The smallest absolute Gasteiger partial charge is 0.253 e. The van der Waals surface area contributed by atoms with Crippen molar-refractivity contribution in [1.82, 2.24) is 15.1 Å². The number of hydrogen-bond donors (Lipinski definition) is 1. The van der Waals surface area contributed by atoms with E-state index in [2.05, 4.69) is 5.32 Å². The molecular weight excluding hydrogens is 414 g/mol. The van der Waals surface area contributed by atoms with Crippen LogP contribution in [0.25, 0.3) is 0 Å². The molecule has 174 valence electrons. The van der Waals surface area contributed by atoms with E-state index in [1.54, 1.807) is 12.1 Å². The lowest BCUT2D eigenvalue weighted by Gasteiger charge is -2.38. The lowest BCUT2D eigenvalue weighted by molar-refractivity contribution is -0.136. The fourth-order valence-corrected chi connectivity index (χ4v) is 4.82.